The number of hydrogen-bond acceptors (Lipinski definition) is 3. The maximum Gasteiger partial charge on any atom is 0.120 e. The molecule has 1 heterocycles. The van der Waals surface area contributed by atoms with E-state index in [0.29, 0.717) is 19.8 Å². The number of H-pyrrole nitrogens is 1. The van der Waals surface area contributed by atoms with E-state index in [9.17, 15) is 0 Å². The third-order valence-corrected chi connectivity index (χ3v) is 2.26. The molecule has 0 saturated heterocycles. The van der Waals surface area contributed by atoms with E-state index in [0.717, 1.165) is 16.7 Å². The van der Waals surface area contributed by atoms with Gasteiger partial charge in [-0.2, -0.15) is 0 Å². The Morgan fingerprint density at radius 3 is 2.94 bits per heavy atom. The number of hydrogen-bond donors (Lipinski definition) is 2. The number of nitrogens with one attached hydrogen (secondary N) is 1. The smallest absolute Gasteiger partial charge is 0.120 e. The second kappa shape index (κ2) is 5.53. The maximum atomic E-state index is 8.51. The Morgan fingerprint density at radius 1 is 1.12 bits per heavy atom. The van der Waals surface area contributed by atoms with Gasteiger partial charge < -0.3 is 19.6 Å². The highest BCUT2D eigenvalue weighted by molar-refractivity contribution is 5.80. The third-order valence-electron chi connectivity index (χ3n) is 2.26. The normalized spacial score (nSPS) is 10.8. The van der Waals surface area contributed by atoms with Crippen LogP contribution in [-0.2, 0) is 4.74 Å². The van der Waals surface area contributed by atoms with Crippen molar-refractivity contribution in [2.45, 2.75) is 0 Å². The summed E-state index contributed by atoms with van der Waals surface area (Å²) in [6.07, 6.45) is 1.90. The number of aromatic nitrogens is 1. The van der Waals surface area contributed by atoms with Gasteiger partial charge in [-0.3, -0.25) is 0 Å². The van der Waals surface area contributed by atoms with Crippen LogP contribution >= 0.6 is 0 Å². The van der Waals surface area contributed by atoms with Gasteiger partial charge in [0.2, 0.25) is 0 Å². The Morgan fingerprint density at radius 2 is 2.06 bits per heavy atom. The largest absolute Gasteiger partial charge is 0.491 e. The Balaban J connectivity index is 1.84. The van der Waals surface area contributed by atoms with Gasteiger partial charge >= 0.3 is 0 Å². The fourth-order valence-corrected chi connectivity index (χ4v) is 1.51. The van der Waals surface area contributed by atoms with Crippen LogP contribution in [-0.4, -0.2) is 36.5 Å². The quantitative estimate of drug-likeness (QED) is 0.728. The van der Waals surface area contributed by atoms with Crippen LogP contribution in [0.3, 0.4) is 0 Å². The molecular weight excluding hydrogens is 206 g/mol. The third kappa shape index (κ3) is 2.74. The van der Waals surface area contributed by atoms with Crippen LogP contribution in [0.4, 0.5) is 0 Å². The molecule has 2 rings (SSSR count). The van der Waals surface area contributed by atoms with Crippen molar-refractivity contribution in [3.63, 3.8) is 0 Å². The minimum absolute atomic E-state index is 0.0509. The molecule has 0 bridgehead atoms. The van der Waals surface area contributed by atoms with Gasteiger partial charge in [0.1, 0.15) is 12.4 Å². The Labute approximate surface area is 93.8 Å². The fraction of sp³-hybridized carbons (Fsp3) is 0.333. The molecule has 0 aliphatic rings. The monoisotopic (exact) mass is 221 g/mol. The standard InChI is InChI=1S/C12H15NO3/c14-5-6-15-7-8-16-11-1-2-12-10(9-11)3-4-13-12/h1-4,9,13-14H,5-8H2. The molecule has 0 atom stereocenters. The van der Waals surface area contributed by atoms with Crippen molar-refractivity contribution in [3.8, 4) is 5.75 Å². The molecule has 4 heteroatoms. The molecule has 86 valence electrons. The molecule has 1 aromatic heterocycles. The number of aliphatic hydroxyl groups excluding tert-OH is 1. The van der Waals surface area contributed by atoms with E-state index in [1.807, 2.05) is 30.5 Å². The number of fused-ring (bicyclic) bond motifs is 1. The summed E-state index contributed by atoms with van der Waals surface area (Å²) in [5.74, 6) is 0.833. The van der Waals surface area contributed by atoms with Crippen molar-refractivity contribution in [1.82, 2.24) is 4.98 Å². The number of rotatable bonds is 6. The van der Waals surface area contributed by atoms with Crippen LogP contribution in [0.1, 0.15) is 0 Å². The number of aliphatic hydroxyl groups is 1. The lowest BCUT2D eigenvalue weighted by Crippen LogP contribution is -2.08. The van der Waals surface area contributed by atoms with Crippen molar-refractivity contribution in [3.05, 3.63) is 30.5 Å². The minimum Gasteiger partial charge on any atom is -0.491 e. The Bertz CT molecular complexity index is 439. The van der Waals surface area contributed by atoms with Crippen molar-refractivity contribution >= 4 is 10.9 Å². The van der Waals surface area contributed by atoms with Gasteiger partial charge in [-0.15, -0.1) is 0 Å². The van der Waals surface area contributed by atoms with Crippen LogP contribution < -0.4 is 4.74 Å². The van der Waals surface area contributed by atoms with E-state index in [1.165, 1.54) is 0 Å². The summed E-state index contributed by atoms with van der Waals surface area (Å²) < 4.78 is 10.6. The van der Waals surface area contributed by atoms with Gasteiger partial charge in [0.05, 0.1) is 19.8 Å². The summed E-state index contributed by atoms with van der Waals surface area (Å²) in [6.45, 7) is 1.40. The lowest BCUT2D eigenvalue weighted by Gasteiger charge is -2.06. The molecular formula is C12H15NO3. The van der Waals surface area contributed by atoms with Gasteiger partial charge in [0.15, 0.2) is 0 Å². The molecule has 0 spiro atoms. The van der Waals surface area contributed by atoms with Crippen molar-refractivity contribution in [2.75, 3.05) is 26.4 Å². The second-order valence-corrected chi connectivity index (χ2v) is 3.41. The van der Waals surface area contributed by atoms with Gasteiger partial charge in [0, 0.05) is 17.1 Å². The minimum atomic E-state index is 0.0509. The highest BCUT2D eigenvalue weighted by Crippen LogP contribution is 2.19. The molecule has 0 radical (unpaired) electrons. The average molecular weight is 221 g/mol. The summed E-state index contributed by atoms with van der Waals surface area (Å²) >= 11 is 0. The highest BCUT2D eigenvalue weighted by atomic mass is 16.5. The Kier molecular flexibility index (Phi) is 3.80. The zero-order valence-corrected chi connectivity index (χ0v) is 8.98. The zero-order chi connectivity index (χ0) is 11.2. The molecule has 2 aromatic rings. The van der Waals surface area contributed by atoms with Crippen molar-refractivity contribution < 1.29 is 14.6 Å². The number of ether oxygens (including phenoxy) is 2. The fourth-order valence-electron chi connectivity index (χ4n) is 1.51. The summed E-state index contributed by atoms with van der Waals surface area (Å²) in [4.78, 5) is 3.12. The summed E-state index contributed by atoms with van der Waals surface area (Å²) in [5, 5.41) is 9.64. The first-order valence-corrected chi connectivity index (χ1v) is 5.29. The average Bonchev–Trinajstić information content (AvgIpc) is 2.76. The first-order valence-electron chi connectivity index (χ1n) is 5.29. The predicted molar refractivity (Wildman–Crippen MR) is 61.7 cm³/mol. The van der Waals surface area contributed by atoms with Crippen LogP contribution in [0, 0.1) is 0 Å². The van der Waals surface area contributed by atoms with Crippen LogP contribution in [0.25, 0.3) is 10.9 Å². The van der Waals surface area contributed by atoms with Gasteiger partial charge in [0.25, 0.3) is 0 Å². The molecule has 4 nitrogen and oxygen atoms in total. The predicted octanol–water partition coefficient (Wildman–Crippen LogP) is 1.56. The topological polar surface area (TPSA) is 54.5 Å². The zero-order valence-electron chi connectivity index (χ0n) is 8.98. The number of aromatic amines is 1. The number of benzene rings is 1. The van der Waals surface area contributed by atoms with Crippen LogP contribution in [0.5, 0.6) is 5.75 Å². The van der Waals surface area contributed by atoms with Crippen molar-refractivity contribution in [1.29, 1.82) is 0 Å². The molecule has 0 aliphatic carbocycles. The lowest BCUT2D eigenvalue weighted by atomic mass is 10.2. The molecule has 16 heavy (non-hydrogen) atoms. The van der Waals surface area contributed by atoms with Gasteiger partial charge in [-0.1, -0.05) is 0 Å². The molecule has 0 saturated carbocycles. The molecule has 0 unspecified atom stereocenters. The maximum absolute atomic E-state index is 8.51. The molecule has 0 aliphatic heterocycles. The summed E-state index contributed by atoms with van der Waals surface area (Å²) in [7, 11) is 0. The highest BCUT2D eigenvalue weighted by Gasteiger charge is 1.97. The SMILES string of the molecule is OCCOCCOc1ccc2[nH]ccc2c1. The van der Waals surface area contributed by atoms with Gasteiger partial charge in [-0.25, -0.2) is 0 Å². The molecule has 2 N–H and O–H groups in total. The summed E-state index contributed by atoms with van der Waals surface area (Å²) in [5.41, 5.74) is 1.10. The Hall–Kier alpha value is -1.52. The first kappa shape index (κ1) is 11.0. The molecule has 0 amide bonds. The van der Waals surface area contributed by atoms with E-state index < -0.39 is 0 Å². The van der Waals surface area contributed by atoms with E-state index in [4.69, 9.17) is 14.6 Å². The van der Waals surface area contributed by atoms with Gasteiger partial charge in [-0.05, 0) is 24.3 Å². The van der Waals surface area contributed by atoms with Crippen LogP contribution in [0.15, 0.2) is 30.5 Å². The summed E-state index contributed by atoms with van der Waals surface area (Å²) in [6, 6.07) is 7.90. The van der Waals surface area contributed by atoms with E-state index in [-0.39, 0.29) is 6.61 Å². The van der Waals surface area contributed by atoms with E-state index in [2.05, 4.69) is 4.98 Å². The molecule has 1 aromatic carbocycles. The lowest BCUT2D eigenvalue weighted by molar-refractivity contribution is 0.0705. The second-order valence-electron chi connectivity index (χ2n) is 3.41. The van der Waals surface area contributed by atoms with Crippen LogP contribution in [0.2, 0.25) is 0 Å². The van der Waals surface area contributed by atoms with E-state index >= 15 is 0 Å². The molecule has 0 fully saturated rings. The van der Waals surface area contributed by atoms with E-state index in [1.54, 1.807) is 0 Å². The first-order chi connectivity index (χ1) is 7.90. The van der Waals surface area contributed by atoms with Crippen molar-refractivity contribution in [2.24, 2.45) is 0 Å².